The molecule has 0 amide bonds. The van der Waals surface area contributed by atoms with Crippen LogP contribution in [-0.2, 0) is 5.41 Å². The third-order valence-electron chi connectivity index (χ3n) is 7.60. The van der Waals surface area contributed by atoms with Gasteiger partial charge in [0.25, 0.3) is 12.5 Å². The van der Waals surface area contributed by atoms with Crippen molar-refractivity contribution in [1.29, 1.82) is 10.5 Å². The number of hydrogen-bond donors (Lipinski definition) is 0. The van der Waals surface area contributed by atoms with E-state index < -0.39 is 0 Å². The maximum Gasteiger partial charge on any atom is 0.292 e. The van der Waals surface area contributed by atoms with E-state index in [-0.39, 0.29) is 5.41 Å². The van der Waals surface area contributed by atoms with E-state index in [2.05, 4.69) is 24.3 Å². The second-order valence-electron chi connectivity index (χ2n) is 8.47. The van der Waals surface area contributed by atoms with E-state index in [0.29, 0.717) is 17.4 Å². The van der Waals surface area contributed by atoms with Crippen molar-refractivity contribution in [2.24, 2.45) is 23.7 Å². The fraction of sp³-hybridized carbons (Fsp3) is 0.417. The largest absolute Gasteiger partial charge is 0.388 e. The van der Waals surface area contributed by atoms with E-state index in [4.69, 9.17) is 20.0 Å². The molecule has 4 atom stereocenters. The molecule has 0 aromatic heterocycles. The second-order valence-corrected chi connectivity index (χ2v) is 8.47. The highest BCUT2D eigenvalue weighted by molar-refractivity contribution is 5.46. The molecule has 3 aliphatic rings. The molecule has 28 heavy (non-hydrogen) atoms. The molecule has 0 aliphatic heterocycles. The average molecular weight is 370 g/mol. The lowest BCUT2D eigenvalue weighted by atomic mass is 9.62. The molecule has 0 N–H and O–H groups in total. The molecule has 2 aromatic rings. The van der Waals surface area contributed by atoms with Crippen LogP contribution >= 0.6 is 0 Å². The Hall–Kier alpha value is -2.98. The minimum absolute atomic E-state index is 0.0130. The summed E-state index contributed by atoms with van der Waals surface area (Å²) < 4.78 is 10.00. The summed E-state index contributed by atoms with van der Waals surface area (Å²) in [6.07, 6.45) is 10.0. The molecule has 0 radical (unpaired) electrons. The fourth-order valence-corrected chi connectivity index (χ4v) is 6.74. The van der Waals surface area contributed by atoms with E-state index in [1.807, 2.05) is 24.3 Å². The predicted octanol–water partition coefficient (Wildman–Crippen LogP) is 5.15. The van der Waals surface area contributed by atoms with Crippen molar-refractivity contribution >= 4 is 0 Å². The van der Waals surface area contributed by atoms with Crippen LogP contribution in [-0.4, -0.2) is 0 Å². The van der Waals surface area contributed by atoms with Gasteiger partial charge < -0.3 is 9.47 Å². The zero-order valence-electron chi connectivity index (χ0n) is 15.7. The molecule has 0 spiro atoms. The lowest BCUT2D eigenvalue weighted by Gasteiger charge is -2.41. The summed E-state index contributed by atoms with van der Waals surface area (Å²) in [6, 6.07) is 16.2. The van der Waals surface area contributed by atoms with Gasteiger partial charge in [0.2, 0.25) is 0 Å². The smallest absolute Gasteiger partial charge is 0.292 e. The van der Waals surface area contributed by atoms with E-state index in [1.165, 1.54) is 36.8 Å². The molecule has 3 fully saturated rings. The SMILES string of the molecule is N#COc1ccc(C2(c3ccc(OC#N)cc3)CCC3C4CCC(C4)C32)cc1. The Balaban J connectivity index is 1.61. The normalized spacial score (nSPS) is 28.9. The molecule has 4 nitrogen and oxygen atoms in total. The van der Waals surface area contributed by atoms with Gasteiger partial charge in [0.1, 0.15) is 11.5 Å². The molecule has 5 rings (SSSR count). The first-order valence-electron chi connectivity index (χ1n) is 10.1. The number of hydrogen-bond acceptors (Lipinski definition) is 4. The predicted molar refractivity (Wildman–Crippen MR) is 103 cm³/mol. The molecule has 3 saturated carbocycles. The molecule has 140 valence electrons. The molecule has 4 heteroatoms. The summed E-state index contributed by atoms with van der Waals surface area (Å²) in [5, 5.41) is 17.6. The van der Waals surface area contributed by atoms with E-state index >= 15 is 0 Å². The Labute approximate surface area is 165 Å². The number of fused-ring (bicyclic) bond motifs is 5. The van der Waals surface area contributed by atoms with Crippen LogP contribution in [0.4, 0.5) is 0 Å². The van der Waals surface area contributed by atoms with Gasteiger partial charge in [-0.15, -0.1) is 10.5 Å². The highest BCUT2D eigenvalue weighted by Crippen LogP contribution is 2.67. The molecule has 0 saturated heterocycles. The van der Waals surface area contributed by atoms with Gasteiger partial charge in [0.05, 0.1) is 0 Å². The Morgan fingerprint density at radius 3 is 1.82 bits per heavy atom. The molecule has 4 unspecified atom stereocenters. The molecule has 2 aromatic carbocycles. The van der Waals surface area contributed by atoms with Gasteiger partial charge in [-0.1, -0.05) is 24.3 Å². The third-order valence-corrected chi connectivity index (χ3v) is 7.60. The Bertz CT molecular complexity index is 893. The van der Waals surface area contributed by atoms with E-state index in [9.17, 15) is 0 Å². The van der Waals surface area contributed by atoms with Crippen molar-refractivity contribution in [1.82, 2.24) is 0 Å². The summed E-state index contributed by atoms with van der Waals surface area (Å²) in [5.74, 6) is 4.32. The topological polar surface area (TPSA) is 66.0 Å². The number of rotatable bonds is 4. The van der Waals surface area contributed by atoms with Crippen molar-refractivity contribution in [3.63, 3.8) is 0 Å². The molecular weight excluding hydrogens is 348 g/mol. The molecule has 0 heterocycles. The zero-order valence-corrected chi connectivity index (χ0v) is 15.7. The van der Waals surface area contributed by atoms with Crippen LogP contribution in [0.1, 0.15) is 43.2 Å². The Kier molecular flexibility index (Phi) is 4.02. The van der Waals surface area contributed by atoms with Gasteiger partial charge in [0.15, 0.2) is 0 Å². The van der Waals surface area contributed by atoms with Crippen LogP contribution < -0.4 is 9.47 Å². The standard InChI is InChI=1S/C24H22N2O2/c25-14-27-20-7-3-18(4-8-20)24(19-5-9-21(10-6-19)28-15-26)12-11-22-16-1-2-17(13-16)23(22)24/h3-10,16-17,22-23H,1-2,11-13H2. The lowest BCUT2D eigenvalue weighted by Crippen LogP contribution is -2.37. The van der Waals surface area contributed by atoms with Crippen molar-refractivity contribution in [3.05, 3.63) is 59.7 Å². The Morgan fingerprint density at radius 1 is 0.750 bits per heavy atom. The maximum atomic E-state index is 8.79. The number of benzene rings is 2. The average Bonchev–Trinajstić information content (AvgIpc) is 3.43. The number of nitrogens with zero attached hydrogens (tertiary/aromatic N) is 2. The quantitative estimate of drug-likeness (QED) is 0.698. The maximum absolute atomic E-state index is 8.79. The van der Waals surface area contributed by atoms with Gasteiger partial charge in [-0.05, 0) is 91.2 Å². The van der Waals surface area contributed by atoms with Crippen molar-refractivity contribution in [3.8, 4) is 24.0 Å². The first-order chi connectivity index (χ1) is 13.8. The van der Waals surface area contributed by atoms with Crippen molar-refractivity contribution < 1.29 is 9.47 Å². The van der Waals surface area contributed by atoms with Crippen LogP contribution in [0.15, 0.2) is 48.5 Å². The lowest BCUT2D eigenvalue weighted by molar-refractivity contribution is 0.205. The van der Waals surface area contributed by atoms with Crippen molar-refractivity contribution in [2.45, 2.75) is 37.5 Å². The summed E-state index contributed by atoms with van der Waals surface area (Å²) in [5.41, 5.74) is 2.61. The van der Waals surface area contributed by atoms with Gasteiger partial charge in [-0.3, -0.25) is 0 Å². The summed E-state index contributed by atoms with van der Waals surface area (Å²) in [7, 11) is 0. The highest BCUT2D eigenvalue weighted by Gasteiger charge is 2.60. The summed E-state index contributed by atoms with van der Waals surface area (Å²) >= 11 is 0. The van der Waals surface area contributed by atoms with E-state index in [1.54, 1.807) is 12.5 Å². The molecule has 3 aliphatic carbocycles. The number of nitriles is 2. The monoisotopic (exact) mass is 370 g/mol. The first kappa shape index (κ1) is 17.1. The van der Waals surface area contributed by atoms with Crippen LogP contribution in [0.3, 0.4) is 0 Å². The minimum atomic E-state index is -0.0130. The van der Waals surface area contributed by atoms with Gasteiger partial charge in [-0.25, -0.2) is 0 Å². The van der Waals surface area contributed by atoms with Gasteiger partial charge >= 0.3 is 0 Å². The molecular formula is C24H22N2O2. The summed E-state index contributed by atoms with van der Waals surface area (Å²) in [6.45, 7) is 0. The van der Waals surface area contributed by atoms with Crippen LogP contribution in [0, 0.1) is 46.7 Å². The van der Waals surface area contributed by atoms with Crippen LogP contribution in [0.5, 0.6) is 11.5 Å². The second kappa shape index (κ2) is 6.57. The zero-order chi connectivity index (χ0) is 19.1. The highest BCUT2D eigenvalue weighted by atomic mass is 16.5. The first-order valence-corrected chi connectivity index (χ1v) is 10.1. The van der Waals surface area contributed by atoms with Crippen LogP contribution in [0.25, 0.3) is 0 Å². The Morgan fingerprint density at radius 2 is 1.29 bits per heavy atom. The van der Waals surface area contributed by atoms with Crippen molar-refractivity contribution in [2.75, 3.05) is 0 Å². The van der Waals surface area contributed by atoms with E-state index in [0.717, 1.165) is 24.2 Å². The number of ether oxygens (including phenoxy) is 2. The van der Waals surface area contributed by atoms with Gasteiger partial charge in [-0.2, -0.15) is 0 Å². The van der Waals surface area contributed by atoms with Gasteiger partial charge in [0, 0.05) is 5.41 Å². The minimum Gasteiger partial charge on any atom is -0.388 e. The fourth-order valence-electron chi connectivity index (χ4n) is 6.74. The third kappa shape index (κ3) is 2.41. The summed E-state index contributed by atoms with van der Waals surface area (Å²) in [4.78, 5) is 0. The molecule has 2 bridgehead atoms. The van der Waals surface area contributed by atoms with Crippen LogP contribution in [0.2, 0.25) is 0 Å².